The lowest BCUT2D eigenvalue weighted by Gasteiger charge is -2.35. The monoisotopic (exact) mass is 876 g/mol. The minimum atomic E-state index is -0.620. The van der Waals surface area contributed by atoms with E-state index in [4.69, 9.17) is 0 Å². The first-order valence-corrected chi connectivity index (χ1v) is 23.9. The normalized spacial score (nSPS) is 12.8. The number of para-hydroxylation sites is 1. The summed E-state index contributed by atoms with van der Waals surface area (Å²) in [5.41, 5.74) is 16.1. The predicted octanol–water partition coefficient (Wildman–Crippen LogP) is 17.7. The summed E-state index contributed by atoms with van der Waals surface area (Å²) in [5, 5.41) is 9.80. The molecule has 2 heteroatoms. The Hall–Kier alpha value is -8.98. The van der Waals surface area contributed by atoms with Crippen molar-refractivity contribution < 1.29 is 0 Å². The van der Waals surface area contributed by atoms with Gasteiger partial charge in [0.05, 0.1) is 22.1 Å². The molecule has 14 rings (SSSR count). The molecule has 0 bridgehead atoms. The van der Waals surface area contributed by atoms with Crippen LogP contribution in [0.1, 0.15) is 22.3 Å². The molecular formula is C67H44N2. The van der Waals surface area contributed by atoms with Crippen LogP contribution in [0.4, 0.5) is 17.1 Å². The van der Waals surface area contributed by atoms with Gasteiger partial charge in [0.2, 0.25) is 0 Å². The smallest absolute Gasteiger partial charge is 0.0714 e. The molecule has 13 aromatic rings. The maximum Gasteiger partial charge on any atom is 0.0714 e. The van der Waals surface area contributed by atoms with Crippen LogP contribution in [-0.4, -0.2) is 4.57 Å². The van der Waals surface area contributed by atoms with Gasteiger partial charge < -0.3 is 9.47 Å². The zero-order valence-electron chi connectivity index (χ0n) is 37.8. The fourth-order valence-electron chi connectivity index (χ4n) is 11.7. The van der Waals surface area contributed by atoms with Crippen molar-refractivity contribution in [1.82, 2.24) is 4.57 Å². The molecule has 12 aromatic carbocycles. The summed E-state index contributed by atoms with van der Waals surface area (Å²) in [6.45, 7) is 0. The van der Waals surface area contributed by atoms with Crippen LogP contribution in [0, 0.1) is 0 Å². The molecule has 1 aliphatic carbocycles. The fraction of sp³-hybridized carbons (Fsp3) is 0.0149. The van der Waals surface area contributed by atoms with Crippen molar-refractivity contribution in [2.24, 2.45) is 0 Å². The zero-order chi connectivity index (χ0) is 45.5. The number of benzene rings is 12. The van der Waals surface area contributed by atoms with Gasteiger partial charge in [-0.2, -0.15) is 0 Å². The molecule has 322 valence electrons. The molecule has 1 aliphatic rings. The summed E-state index contributed by atoms with van der Waals surface area (Å²) in [4.78, 5) is 2.50. The van der Waals surface area contributed by atoms with Crippen LogP contribution < -0.4 is 4.90 Å². The van der Waals surface area contributed by atoms with E-state index in [1.807, 2.05) is 0 Å². The lowest BCUT2D eigenvalue weighted by atomic mass is 9.67. The Kier molecular flexibility index (Phi) is 8.84. The van der Waals surface area contributed by atoms with E-state index in [-0.39, 0.29) is 0 Å². The lowest BCUT2D eigenvalue weighted by Crippen LogP contribution is -2.28. The molecule has 0 spiro atoms. The minimum Gasteiger partial charge on any atom is -0.310 e. The largest absolute Gasteiger partial charge is 0.310 e. The summed E-state index contributed by atoms with van der Waals surface area (Å²) in [7, 11) is 0. The number of fused-ring (bicyclic) bond motifs is 10. The molecule has 0 radical (unpaired) electrons. The third-order valence-electron chi connectivity index (χ3n) is 14.8. The molecule has 1 aromatic heterocycles. The Morgan fingerprint density at radius 2 is 0.841 bits per heavy atom. The first-order valence-electron chi connectivity index (χ1n) is 23.9. The van der Waals surface area contributed by atoms with Crippen LogP contribution in [-0.2, 0) is 5.41 Å². The van der Waals surface area contributed by atoms with Crippen LogP contribution in [0.5, 0.6) is 0 Å². The minimum absolute atomic E-state index is 0.620. The van der Waals surface area contributed by atoms with Crippen molar-refractivity contribution >= 4 is 71.2 Å². The molecule has 0 unspecified atom stereocenters. The zero-order valence-corrected chi connectivity index (χ0v) is 37.8. The molecule has 69 heavy (non-hydrogen) atoms. The highest BCUT2D eigenvalue weighted by atomic mass is 15.1. The third-order valence-corrected chi connectivity index (χ3v) is 14.8. The summed E-state index contributed by atoms with van der Waals surface area (Å²) in [5.74, 6) is 0. The molecule has 1 heterocycles. The van der Waals surface area contributed by atoms with Crippen molar-refractivity contribution in [2.75, 3.05) is 4.90 Å². The van der Waals surface area contributed by atoms with E-state index in [1.165, 1.54) is 93.1 Å². The van der Waals surface area contributed by atoms with E-state index in [0.717, 1.165) is 28.3 Å². The first-order chi connectivity index (χ1) is 34.2. The van der Waals surface area contributed by atoms with E-state index in [1.54, 1.807) is 0 Å². The Morgan fingerprint density at radius 1 is 0.319 bits per heavy atom. The van der Waals surface area contributed by atoms with Crippen molar-refractivity contribution in [3.05, 3.63) is 289 Å². The fourth-order valence-corrected chi connectivity index (χ4v) is 11.7. The summed E-state index contributed by atoms with van der Waals surface area (Å²) in [6.07, 6.45) is 0. The second kappa shape index (κ2) is 15.6. The average Bonchev–Trinajstić information content (AvgIpc) is 3.91. The summed E-state index contributed by atoms with van der Waals surface area (Å²) < 4.78 is 2.47. The van der Waals surface area contributed by atoms with Crippen molar-refractivity contribution in [3.8, 4) is 27.9 Å². The van der Waals surface area contributed by atoms with Crippen LogP contribution in [0.15, 0.2) is 267 Å². The van der Waals surface area contributed by atoms with Crippen LogP contribution in [0.25, 0.3) is 82.1 Å². The van der Waals surface area contributed by atoms with Gasteiger partial charge in [0.15, 0.2) is 0 Å². The predicted molar refractivity (Wildman–Crippen MR) is 291 cm³/mol. The first kappa shape index (κ1) is 39.2. The third kappa shape index (κ3) is 5.99. The second-order valence-corrected chi connectivity index (χ2v) is 18.4. The van der Waals surface area contributed by atoms with Gasteiger partial charge in [-0.25, -0.2) is 0 Å². The van der Waals surface area contributed by atoms with Crippen LogP contribution in [0.3, 0.4) is 0 Å². The van der Waals surface area contributed by atoms with Crippen molar-refractivity contribution in [2.45, 2.75) is 5.41 Å². The number of rotatable bonds is 7. The highest BCUT2D eigenvalue weighted by Crippen LogP contribution is 2.58. The SMILES string of the molecule is c1ccc(-n2c3cc(N(c4ccc5c(c4)C(c4ccccc4)(c4ccccc4)c4cc(-c6ccc7ccccc7c6)ccc4-5)c4cccc5ccccc45)ccc3c3ccc4ccccc4c32)cc1. The van der Waals surface area contributed by atoms with Crippen LogP contribution >= 0.6 is 0 Å². The molecule has 0 saturated carbocycles. The van der Waals surface area contributed by atoms with Crippen LogP contribution in [0.2, 0.25) is 0 Å². The Bertz CT molecular complexity index is 4090. The van der Waals surface area contributed by atoms with Gasteiger partial charge >= 0.3 is 0 Å². The van der Waals surface area contributed by atoms with Gasteiger partial charge in [-0.15, -0.1) is 0 Å². The highest BCUT2D eigenvalue weighted by molar-refractivity contribution is 6.19. The molecular weight excluding hydrogens is 833 g/mol. The molecule has 0 fully saturated rings. The van der Waals surface area contributed by atoms with Gasteiger partial charge in [0.1, 0.15) is 0 Å². The Morgan fingerprint density at radius 3 is 1.59 bits per heavy atom. The number of nitrogens with zero attached hydrogens (tertiary/aromatic N) is 2. The number of anilines is 3. The van der Waals surface area contributed by atoms with E-state index in [0.29, 0.717) is 0 Å². The van der Waals surface area contributed by atoms with Gasteiger partial charge in [0.25, 0.3) is 0 Å². The standard InChI is InChI=1S/C67H44N2/c1-4-22-51(23-5-1)67(52-24-6-2-7-25-52)62-42-50(49-32-31-45-17-10-11-20-48(45)41-49)34-37-58(62)59-39-35-54(43-63(59)67)68(64-30-16-21-46-18-12-14-28-56(46)64)55-36-40-60-61-38-33-47-19-13-15-29-57(47)66(61)69(65(60)44-55)53-26-8-3-9-27-53/h1-44H. The van der Waals surface area contributed by atoms with Gasteiger partial charge in [0, 0.05) is 38.6 Å². The maximum absolute atomic E-state index is 2.50. The molecule has 0 amide bonds. The van der Waals surface area contributed by atoms with E-state index in [9.17, 15) is 0 Å². The second-order valence-electron chi connectivity index (χ2n) is 18.4. The van der Waals surface area contributed by atoms with Crippen molar-refractivity contribution in [3.63, 3.8) is 0 Å². The Labute approximate surface area is 401 Å². The number of hydrogen-bond acceptors (Lipinski definition) is 1. The molecule has 0 N–H and O–H groups in total. The van der Waals surface area contributed by atoms with Crippen molar-refractivity contribution in [1.29, 1.82) is 0 Å². The Balaban J connectivity index is 1.05. The maximum atomic E-state index is 2.50. The summed E-state index contributed by atoms with van der Waals surface area (Å²) >= 11 is 0. The molecule has 2 nitrogen and oxygen atoms in total. The molecule has 0 aliphatic heterocycles. The van der Waals surface area contributed by atoms with Gasteiger partial charge in [-0.1, -0.05) is 212 Å². The highest BCUT2D eigenvalue weighted by Gasteiger charge is 2.46. The van der Waals surface area contributed by atoms with E-state index < -0.39 is 5.41 Å². The number of hydrogen-bond donors (Lipinski definition) is 0. The average molecular weight is 877 g/mol. The van der Waals surface area contributed by atoms with Gasteiger partial charge in [-0.3, -0.25) is 0 Å². The summed E-state index contributed by atoms with van der Waals surface area (Å²) in [6, 6.07) is 99.0. The topological polar surface area (TPSA) is 8.17 Å². The van der Waals surface area contributed by atoms with Gasteiger partial charge in [-0.05, 0) is 121 Å². The van der Waals surface area contributed by atoms with E-state index >= 15 is 0 Å². The quantitative estimate of drug-likeness (QED) is 0.155. The van der Waals surface area contributed by atoms with E-state index in [2.05, 4.69) is 276 Å². The lowest BCUT2D eigenvalue weighted by molar-refractivity contribution is 0.768. The molecule has 0 saturated heterocycles. The number of aromatic nitrogens is 1. The molecule has 0 atom stereocenters.